The Morgan fingerprint density at radius 2 is 0.619 bits per heavy atom. The Labute approximate surface area is 388 Å². The van der Waals surface area contributed by atoms with Gasteiger partial charge >= 0.3 is 17.9 Å². The van der Waals surface area contributed by atoms with Gasteiger partial charge in [-0.05, 0) is 116 Å². The number of esters is 3. The molecule has 0 aliphatic carbocycles. The molecule has 0 heterocycles. The van der Waals surface area contributed by atoms with E-state index in [2.05, 4.69) is 106 Å². The molecule has 63 heavy (non-hydrogen) atoms. The van der Waals surface area contributed by atoms with E-state index >= 15 is 0 Å². The van der Waals surface area contributed by atoms with Crippen molar-refractivity contribution in [1.82, 2.24) is 0 Å². The van der Waals surface area contributed by atoms with Gasteiger partial charge in [-0.3, -0.25) is 14.4 Å². The first-order chi connectivity index (χ1) is 31.0. The maximum atomic E-state index is 12.8. The Morgan fingerprint density at radius 1 is 0.333 bits per heavy atom. The van der Waals surface area contributed by atoms with Crippen LogP contribution in [0.2, 0.25) is 0 Å². The Bertz CT molecular complexity index is 1240. The van der Waals surface area contributed by atoms with E-state index in [1.165, 1.54) is 51.4 Å². The van der Waals surface area contributed by atoms with Gasteiger partial charge in [0.15, 0.2) is 6.10 Å². The molecule has 1 atom stereocenters. The number of ether oxygens (including phenoxy) is 3. The summed E-state index contributed by atoms with van der Waals surface area (Å²) in [5.74, 6) is -0.940. The number of unbranched alkanes of at least 4 members (excludes halogenated alkanes) is 21. The summed E-state index contributed by atoms with van der Waals surface area (Å²) in [5, 5.41) is 0. The van der Waals surface area contributed by atoms with Gasteiger partial charge in [-0.25, -0.2) is 0 Å². The van der Waals surface area contributed by atoms with Crippen molar-refractivity contribution in [3.8, 4) is 0 Å². The third-order valence-corrected chi connectivity index (χ3v) is 10.9. The molecule has 6 heteroatoms. The average Bonchev–Trinajstić information content (AvgIpc) is 3.28. The Balaban J connectivity index is 4.47. The molecule has 0 radical (unpaired) electrons. The van der Waals surface area contributed by atoms with Crippen LogP contribution in [0.15, 0.2) is 85.1 Å². The van der Waals surface area contributed by atoms with E-state index in [1.807, 2.05) is 0 Å². The van der Waals surface area contributed by atoms with E-state index < -0.39 is 6.10 Å². The van der Waals surface area contributed by atoms with Crippen molar-refractivity contribution < 1.29 is 28.6 Å². The smallest absolute Gasteiger partial charge is 0.306 e. The molecular weight excluding hydrogens is 781 g/mol. The number of carbonyl (C=O) groups excluding carboxylic acids is 3. The van der Waals surface area contributed by atoms with E-state index in [9.17, 15) is 14.4 Å². The lowest BCUT2D eigenvalue weighted by Crippen LogP contribution is -2.30. The highest BCUT2D eigenvalue weighted by atomic mass is 16.6. The number of hydrogen-bond acceptors (Lipinski definition) is 6. The molecule has 0 rings (SSSR count). The maximum absolute atomic E-state index is 12.8. The van der Waals surface area contributed by atoms with E-state index in [4.69, 9.17) is 14.2 Å². The predicted molar refractivity (Wildman–Crippen MR) is 270 cm³/mol. The molecule has 0 fully saturated rings. The fourth-order valence-electron chi connectivity index (χ4n) is 6.93. The van der Waals surface area contributed by atoms with Crippen LogP contribution in [0.25, 0.3) is 0 Å². The van der Waals surface area contributed by atoms with E-state index in [-0.39, 0.29) is 31.1 Å². The molecule has 0 aromatic carbocycles. The minimum absolute atomic E-state index is 0.0959. The Hall–Kier alpha value is -3.41. The van der Waals surface area contributed by atoms with Crippen LogP contribution in [0.1, 0.15) is 239 Å². The number of hydrogen-bond donors (Lipinski definition) is 0. The maximum Gasteiger partial charge on any atom is 0.306 e. The van der Waals surface area contributed by atoms with Gasteiger partial charge in [-0.15, -0.1) is 0 Å². The van der Waals surface area contributed by atoms with Gasteiger partial charge in [0.25, 0.3) is 0 Å². The highest BCUT2D eigenvalue weighted by Gasteiger charge is 2.19. The first-order valence-electron chi connectivity index (χ1n) is 26.1. The summed E-state index contributed by atoms with van der Waals surface area (Å²) < 4.78 is 16.8. The first kappa shape index (κ1) is 59.6. The molecule has 0 N–H and O–H groups in total. The normalized spacial score (nSPS) is 12.7. The molecule has 360 valence electrons. The molecule has 6 nitrogen and oxygen atoms in total. The summed E-state index contributed by atoms with van der Waals surface area (Å²) in [6.45, 7) is 6.43. The van der Waals surface area contributed by atoms with Crippen molar-refractivity contribution in [3.05, 3.63) is 85.1 Å². The van der Waals surface area contributed by atoms with Gasteiger partial charge in [-0.2, -0.15) is 0 Å². The van der Waals surface area contributed by atoms with Crippen LogP contribution in [0, 0.1) is 0 Å². The molecule has 0 bridgehead atoms. The third kappa shape index (κ3) is 49.5. The van der Waals surface area contributed by atoms with E-state index in [0.717, 1.165) is 148 Å². The van der Waals surface area contributed by atoms with E-state index in [1.54, 1.807) is 0 Å². The van der Waals surface area contributed by atoms with Gasteiger partial charge in [0.05, 0.1) is 0 Å². The molecular formula is C57H96O6. The second kappa shape index (κ2) is 51.2. The number of rotatable bonds is 46. The molecule has 0 aliphatic rings. The van der Waals surface area contributed by atoms with Crippen molar-refractivity contribution in [3.63, 3.8) is 0 Å². The summed E-state index contributed by atoms with van der Waals surface area (Å²) in [5.41, 5.74) is 0. The van der Waals surface area contributed by atoms with Gasteiger partial charge in [0.2, 0.25) is 0 Å². The fourth-order valence-corrected chi connectivity index (χ4v) is 6.93. The molecule has 0 aliphatic heterocycles. The van der Waals surface area contributed by atoms with E-state index in [0.29, 0.717) is 19.3 Å². The SMILES string of the molecule is CC/C=C\C/C=C\C/C=C\CCCCCCCC(=O)OC[C@H](COC(=O)CCCCCCC/C=C\C/C=C\CCCCC)OC(=O)CCCCCCC/C=C\C/C=C\CCCCC. The van der Waals surface area contributed by atoms with Crippen LogP contribution < -0.4 is 0 Å². The summed E-state index contributed by atoms with van der Waals surface area (Å²) in [7, 11) is 0. The van der Waals surface area contributed by atoms with Crippen molar-refractivity contribution in [2.75, 3.05) is 13.2 Å². The van der Waals surface area contributed by atoms with Crippen molar-refractivity contribution in [1.29, 1.82) is 0 Å². The third-order valence-electron chi connectivity index (χ3n) is 10.9. The first-order valence-corrected chi connectivity index (χ1v) is 26.1. The standard InChI is InChI=1S/C57H96O6/c1-4-7-10-13-16-19-22-25-28-31-34-37-40-43-46-49-55(58)61-52-54(63-57(60)51-48-45-42-39-36-33-30-27-24-21-18-15-12-9-6-3)53-62-56(59)50-47-44-41-38-35-32-29-26-23-20-17-14-11-8-5-2/h7,10,16-21,25-30,54H,4-6,8-9,11-15,22-24,31-53H2,1-3H3/b10-7-,19-16-,20-17-,21-18-,28-25-,29-26-,30-27-/t54-/m1/s1. The van der Waals surface area contributed by atoms with Crippen LogP contribution in [0.4, 0.5) is 0 Å². The van der Waals surface area contributed by atoms with Crippen molar-refractivity contribution in [2.45, 2.75) is 245 Å². The molecule has 0 aromatic heterocycles. The summed E-state index contributed by atoms with van der Waals surface area (Å²) in [4.78, 5) is 38.0. The topological polar surface area (TPSA) is 78.9 Å². The van der Waals surface area contributed by atoms with Crippen LogP contribution in [0.3, 0.4) is 0 Å². The zero-order chi connectivity index (χ0) is 45.8. The molecule has 0 aromatic rings. The summed E-state index contributed by atoms with van der Waals surface area (Å²) in [6, 6.07) is 0. The zero-order valence-electron chi connectivity index (χ0n) is 41.1. The summed E-state index contributed by atoms with van der Waals surface area (Å²) >= 11 is 0. The molecule has 0 spiro atoms. The van der Waals surface area contributed by atoms with Crippen LogP contribution >= 0.6 is 0 Å². The monoisotopic (exact) mass is 877 g/mol. The molecule has 0 saturated carbocycles. The minimum Gasteiger partial charge on any atom is -0.462 e. The van der Waals surface area contributed by atoms with Gasteiger partial charge in [0, 0.05) is 19.3 Å². The van der Waals surface area contributed by atoms with Gasteiger partial charge in [-0.1, -0.05) is 189 Å². The molecule has 0 amide bonds. The van der Waals surface area contributed by atoms with Crippen molar-refractivity contribution in [2.24, 2.45) is 0 Å². The van der Waals surface area contributed by atoms with Gasteiger partial charge in [0.1, 0.15) is 13.2 Å². The molecule has 0 unspecified atom stereocenters. The largest absolute Gasteiger partial charge is 0.462 e. The second-order valence-corrected chi connectivity index (χ2v) is 17.0. The predicted octanol–water partition coefficient (Wildman–Crippen LogP) is 17.2. The van der Waals surface area contributed by atoms with Crippen molar-refractivity contribution >= 4 is 17.9 Å². The summed E-state index contributed by atoms with van der Waals surface area (Å²) in [6.07, 6.45) is 65.6. The molecule has 0 saturated heterocycles. The highest BCUT2D eigenvalue weighted by molar-refractivity contribution is 5.71. The average molecular weight is 877 g/mol. The Morgan fingerprint density at radius 3 is 0.968 bits per heavy atom. The second-order valence-electron chi connectivity index (χ2n) is 17.0. The van der Waals surface area contributed by atoms with Gasteiger partial charge < -0.3 is 14.2 Å². The Kier molecular flexibility index (Phi) is 48.5. The van der Waals surface area contributed by atoms with Crippen LogP contribution in [-0.2, 0) is 28.6 Å². The lowest BCUT2D eigenvalue weighted by Gasteiger charge is -2.18. The zero-order valence-corrected chi connectivity index (χ0v) is 41.1. The minimum atomic E-state index is -0.797. The number of carbonyl (C=O) groups is 3. The lowest BCUT2D eigenvalue weighted by atomic mass is 10.1. The van der Waals surface area contributed by atoms with Crippen LogP contribution in [-0.4, -0.2) is 37.2 Å². The number of allylic oxidation sites excluding steroid dienone is 14. The quantitative estimate of drug-likeness (QED) is 0.0262. The fraction of sp³-hybridized carbons (Fsp3) is 0.702. The lowest BCUT2D eigenvalue weighted by molar-refractivity contribution is -0.167. The van der Waals surface area contributed by atoms with Crippen LogP contribution in [0.5, 0.6) is 0 Å². The highest BCUT2D eigenvalue weighted by Crippen LogP contribution is 2.13.